The molecule has 0 fully saturated rings. The predicted molar refractivity (Wildman–Crippen MR) is 67.1 cm³/mol. The molecule has 0 radical (unpaired) electrons. The molecule has 0 saturated heterocycles. The zero-order valence-electron chi connectivity index (χ0n) is 9.05. The highest BCUT2D eigenvalue weighted by atomic mass is 35.5. The molecule has 0 spiro atoms. The lowest BCUT2D eigenvalue weighted by atomic mass is 10.3. The lowest BCUT2D eigenvalue weighted by molar-refractivity contribution is 0.358. The van der Waals surface area contributed by atoms with Gasteiger partial charge in [-0.2, -0.15) is 0 Å². The minimum absolute atomic E-state index is 0.0382. The Bertz CT molecular complexity index is 605. The molecule has 1 aliphatic heterocycles. The van der Waals surface area contributed by atoms with Crippen LogP contribution in [0.1, 0.15) is 6.92 Å². The van der Waals surface area contributed by atoms with Crippen LogP contribution in [0.5, 0.6) is 5.75 Å². The van der Waals surface area contributed by atoms with E-state index >= 15 is 0 Å². The molecule has 0 atom stereocenters. The van der Waals surface area contributed by atoms with E-state index < -0.39 is 9.84 Å². The van der Waals surface area contributed by atoms with E-state index in [-0.39, 0.29) is 16.6 Å². The van der Waals surface area contributed by atoms with E-state index in [0.717, 1.165) is 0 Å². The molecule has 4 nitrogen and oxygen atoms in total. The Morgan fingerprint density at radius 1 is 1.41 bits per heavy atom. The Balaban J connectivity index is 2.07. The molecule has 1 aromatic carbocycles. The van der Waals surface area contributed by atoms with Crippen LogP contribution < -0.4 is 4.74 Å². The maximum absolute atomic E-state index is 11.7. The van der Waals surface area contributed by atoms with Crippen LogP contribution in [0.3, 0.4) is 0 Å². The second kappa shape index (κ2) is 4.50. The normalized spacial score (nSPS) is 17.5. The standard InChI is InChI=1S/C11H10ClNO3S/c1-8-13-6-11(17(8,14)15)7-16-10-4-2-3-9(12)5-10/h2-6H,7H2,1H3. The van der Waals surface area contributed by atoms with Crippen molar-refractivity contribution in [3.63, 3.8) is 0 Å². The molecule has 17 heavy (non-hydrogen) atoms. The summed E-state index contributed by atoms with van der Waals surface area (Å²) < 4.78 is 28.7. The van der Waals surface area contributed by atoms with Crippen molar-refractivity contribution < 1.29 is 13.2 Å². The lowest BCUT2D eigenvalue weighted by Gasteiger charge is -2.06. The van der Waals surface area contributed by atoms with Gasteiger partial charge in [-0.25, -0.2) is 13.4 Å². The van der Waals surface area contributed by atoms with Crippen LogP contribution in [0, 0.1) is 0 Å². The average molecular weight is 272 g/mol. The monoisotopic (exact) mass is 271 g/mol. The number of sulfone groups is 1. The van der Waals surface area contributed by atoms with E-state index in [1.807, 2.05) is 0 Å². The zero-order valence-corrected chi connectivity index (χ0v) is 10.6. The van der Waals surface area contributed by atoms with E-state index in [4.69, 9.17) is 16.3 Å². The number of halogens is 1. The summed E-state index contributed by atoms with van der Waals surface area (Å²) in [7, 11) is -3.39. The fourth-order valence-corrected chi connectivity index (χ4v) is 2.47. The van der Waals surface area contributed by atoms with E-state index in [2.05, 4.69) is 4.99 Å². The summed E-state index contributed by atoms with van der Waals surface area (Å²) in [6.07, 6.45) is 1.31. The van der Waals surface area contributed by atoms with Gasteiger partial charge < -0.3 is 4.74 Å². The summed E-state index contributed by atoms with van der Waals surface area (Å²) >= 11 is 5.78. The van der Waals surface area contributed by atoms with E-state index in [1.54, 1.807) is 24.3 Å². The van der Waals surface area contributed by atoms with Crippen LogP contribution in [-0.4, -0.2) is 20.1 Å². The summed E-state index contributed by atoms with van der Waals surface area (Å²) in [5.74, 6) is 0.526. The number of benzene rings is 1. The van der Waals surface area contributed by atoms with Gasteiger partial charge in [-0.15, -0.1) is 0 Å². The van der Waals surface area contributed by atoms with Crippen molar-refractivity contribution in [1.29, 1.82) is 0 Å². The highest BCUT2D eigenvalue weighted by Crippen LogP contribution is 2.21. The highest BCUT2D eigenvalue weighted by Gasteiger charge is 2.26. The van der Waals surface area contributed by atoms with Crippen molar-refractivity contribution >= 4 is 26.5 Å². The first-order chi connectivity index (χ1) is 8.00. The van der Waals surface area contributed by atoms with Crippen molar-refractivity contribution in [2.75, 3.05) is 6.61 Å². The third-order valence-corrected chi connectivity index (χ3v) is 4.33. The van der Waals surface area contributed by atoms with E-state index in [1.165, 1.54) is 13.1 Å². The van der Waals surface area contributed by atoms with Gasteiger partial charge in [0, 0.05) is 11.2 Å². The van der Waals surface area contributed by atoms with Gasteiger partial charge in [0.05, 0.1) is 0 Å². The van der Waals surface area contributed by atoms with Crippen molar-refractivity contribution in [3.8, 4) is 5.75 Å². The quantitative estimate of drug-likeness (QED) is 0.848. The molecule has 1 aromatic rings. The Hall–Kier alpha value is -1.33. The van der Waals surface area contributed by atoms with Crippen molar-refractivity contribution in [2.24, 2.45) is 4.99 Å². The maximum atomic E-state index is 11.7. The largest absolute Gasteiger partial charge is 0.488 e. The number of hydrogen-bond donors (Lipinski definition) is 0. The van der Waals surface area contributed by atoms with Gasteiger partial charge in [0.15, 0.2) is 0 Å². The lowest BCUT2D eigenvalue weighted by Crippen LogP contribution is -2.14. The summed E-state index contributed by atoms with van der Waals surface area (Å²) in [4.78, 5) is 3.92. The predicted octanol–water partition coefficient (Wildman–Crippen LogP) is 2.41. The third-order valence-electron chi connectivity index (χ3n) is 2.30. The summed E-state index contributed by atoms with van der Waals surface area (Å²) in [6.45, 7) is 1.42. The first-order valence-corrected chi connectivity index (χ1v) is 6.73. The van der Waals surface area contributed by atoms with Crippen LogP contribution in [0.4, 0.5) is 0 Å². The van der Waals surface area contributed by atoms with Crippen LogP contribution in [-0.2, 0) is 9.84 Å². The first-order valence-electron chi connectivity index (χ1n) is 4.87. The second-order valence-electron chi connectivity index (χ2n) is 3.49. The second-order valence-corrected chi connectivity index (χ2v) is 6.05. The molecule has 1 heterocycles. The minimum atomic E-state index is -3.39. The van der Waals surface area contributed by atoms with Gasteiger partial charge in [-0.1, -0.05) is 17.7 Å². The number of nitrogens with zero attached hydrogens (tertiary/aromatic N) is 1. The molecule has 0 bridgehead atoms. The average Bonchev–Trinajstić information content (AvgIpc) is 2.52. The molecule has 90 valence electrons. The van der Waals surface area contributed by atoms with Crippen LogP contribution in [0.15, 0.2) is 40.4 Å². The van der Waals surface area contributed by atoms with Crippen molar-refractivity contribution in [3.05, 3.63) is 40.4 Å². The fraction of sp³-hybridized carbons (Fsp3) is 0.182. The van der Waals surface area contributed by atoms with Crippen molar-refractivity contribution in [2.45, 2.75) is 6.92 Å². The SMILES string of the molecule is CC1=NC=C(COc2cccc(Cl)c2)S1(=O)=O. The molecule has 1 aliphatic rings. The molecular formula is C11H10ClNO3S. The molecule has 0 saturated carbocycles. The maximum Gasteiger partial charge on any atom is 0.220 e. The van der Waals surface area contributed by atoms with Crippen LogP contribution in [0.25, 0.3) is 0 Å². The molecule has 0 aromatic heterocycles. The molecular weight excluding hydrogens is 262 g/mol. The van der Waals surface area contributed by atoms with Gasteiger partial charge in [0.25, 0.3) is 0 Å². The number of aliphatic imine (C=N–C) groups is 1. The number of ether oxygens (including phenoxy) is 1. The molecule has 0 amide bonds. The van der Waals surface area contributed by atoms with Gasteiger partial charge in [0.2, 0.25) is 9.84 Å². The first kappa shape index (κ1) is 12.1. The summed E-state index contributed by atoms with van der Waals surface area (Å²) in [6, 6.07) is 6.78. The highest BCUT2D eigenvalue weighted by molar-refractivity contribution is 8.09. The smallest absolute Gasteiger partial charge is 0.220 e. The van der Waals surface area contributed by atoms with Crippen LogP contribution >= 0.6 is 11.6 Å². The summed E-state index contributed by atoms with van der Waals surface area (Å²) in [5.41, 5.74) is 0. The van der Waals surface area contributed by atoms with E-state index in [9.17, 15) is 8.42 Å². The number of rotatable bonds is 3. The zero-order chi connectivity index (χ0) is 12.5. The molecule has 0 unspecified atom stereocenters. The molecule has 0 N–H and O–H groups in total. The number of hydrogen-bond acceptors (Lipinski definition) is 4. The Morgan fingerprint density at radius 2 is 2.18 bits per heavy atom. The molecule has 2 rings (SSSR count). The Labute approximate surface area is 104 Å². The minimum Gasteiger partial charge on any atom is -0.488 e. The van der Waals surface area contributed by atoms with Gasteiger partial charge in [-0.05, 0) is 25.1 Å². The van der Waals surface area contributed by atoms with Crippen molar-refractivity contribution in [1.82, 2.24) is 0 Å². The summed E-state index contributed by atoms with van der Waals surface area (Å²) in [5, 5.41) is 0.639. The fourth-order valence-electron chi connectivity index (χ4n) is 1.32. The third kappa shape index (κ3) is 2.50. The van der Waals surface area contributed by atoms with Gasteiger partial charge in [-0.3, -0.25) is 0 Å². The Morgan fingerprint density at radius 3 is 2.76 bits per heavy atom. The van der Waals surface area contributed by atoms with Gasteiger partial charge in [0.1, 0.15) is 22.3 Å². The Kier molecular flexibility index (Phi) is 3.22. The molecule has 0 aliphatic carbocycles. The topological polar surface area (TPSA) is 55.7 Å². The van der Waals surface area contributed by atoms with Gasteiger partial charge >= 0.3 is 0 Å². The molecule has 6 heteroatoms. The van der Waals surface area contributed by atoms with Crippen LogP contribution in [0.2, 0.25) is 5.02 Å². The van der Waals surface area contributed by atoms with E-state index in [0.29, 0.717) is 10.8 Å².